The summed E-state index contributed by atoms with van der Waals surface area (Å²) >= 11 is 6.29. The monoisotopic (exact) mass is 430 g/mol. The smallest absolute Gasteiger partial charge is 0.270 e. The zero-order valence-corrected chi connectivity index (χ0v) is 18.1. The number of likely N-dealkylation sites (tertiary alicyclic amines) is 1. The van der Waals surface area contributed by atoms with Crippen molar-refractivity contribution in [2.45, 2.75) is 58.3 Å². The summed E-state index contributed by atoms with van der Waals surface area (Å²) in [4.78, 5) is 32.4. The molecule has 0 radical (unpaired) electrons. The van der Waals surface area contributed by atoms with Gasteiger partial charge in [-0.25, -0.2) is 0 Å². The van der Waals surface area contributed by atoms with Gasteiger partial charge in [-0.3, -0.25) is 14.6 Å². The molecule has 1 N–H and O–H groups in total. The number of rotatable bonds is 5. The first-order chi connectivity index (χ1) is 14.5. The summed E-state index contributed by atoms with van der Waals surface area (Å²) in [6, 6.07) is 3.52. The molecule has 30 heavy (non-hydrogen) atoms. The summed E-state index contributed by atoms with van der Waals surface area (Å²) in [6.07, 6.45) is 5.95. The van der Waals surface area contributed by atoms with Crippen LogP contribution >= 0.6 is 11.6 Å². The first-order valence-corrected chi connectivity index (χ1v) is 10.9. The summed E-state index contributed by atoms with van der Waals surface area (Å²) in [6.45, 7) is 6.24. The van der Waals surface area contributed by atoms with Crippen molar-refractivity contribution in [3.63, 3.8) is 0 Å². The van der Waals surface area contributed by atoms with Gasteiger partial charge in [0.25, 0.3) is 11.8 Å². The first-order valence-electron chi connectivity index (χ1n) is 10.5. The summed E-state index contributed by atoms with van der Waals surface area (Å²) in [5.74, 6) is -0.232. The minimum atomic E-state index is -0.245. The summed E-state index contributed by atoms with van der Waals surface area (Å²) < 4.78 is 7.56. The van der Waals surface area contributed by atoms with Crippen LogP contribution in [0.4, 0.5) is 0 Å². The van der Waals surface area contributed by atoms with Crippen LogP contribution in [0.1, 0.15) is 71.3 Å². The maximum atomic E-state index is 13.2. The molecule has 160 valence electrons. The van der Waals surface area contributed by atoms with Gasteiger partial charge >= 0.3 is 0 Å². The molecule has 7 nitrogen and oxygen atoms in total. The predicted molar refractivity (Wildman–Crippen MR) is 114 cm³/mol. The maximum absolute atomic E-state index is 13.2. The molecule has 0 aliphatic carbocycles. The second kappa shape index (κ2) is 8.78. The Balaban J connectivity index is 1.63. The van der Waals surface area contributed by atoms with Crippen molar-refractivity contribution >= 4 is 23.4 Å². The molecule has 2 aliphatic rings. The molecule has 4 heterocycles. The fourth-order valence-electron chi connectivity index (χ4n) is 4.38. The van der Waals surface area contributed by atoms with Crippen molar-refractivity contribution in [2.75, 3.05) is 13.2 Å². The number of carbonyl (C=O) groups excluding carboxylic acids is 2. The summed E-state index contributed by atoms with van der Waals surface area (Å²) in [5.41, 5.74) is 2.65. The van der Waals surface area contributed by atoms with Crippen LogP contribution in [0.25, 0.3) is 0 Å². The number of ether oxygens (including phenoxy) is 1. The van der Waals surface area contributed by atoms with E-state index in [2.05, 4.69) is 17.2 Å². The lowest BCUT2D eigenvalue weighted by molar-refractivity contribution is 0.0683. The molecule has 2 aromatic heterocycles. The van der Waals surface area contributed by atoms with Gasteiger partial charge in [-0.2, -0.15) is 0 Å². The van der Waals surface area contributed by atoms with Crippen LogP contribution in [0, 0.1) is 0 Å². The third-order valence-electron chi connectivity index (χ3n) is 6.08. The molecule has 0 bridgehead atoms. The van der Waals surface area contributed by atoms with E-state index in [1.54, 1.807) is 18.5 Å². The molecule has 0 spiro atoms. The fraction of sp³-hybridized carbons (Fsp3) is 0.500. The first kappa shape index (κ1) is 20.9. The highest BCUT2D eigenvalue weighted by Gasteiger charge is 2.32. The second-order valence-electron chi connectivity index (χ2n) is 7.92. The van der Waals surface area contributed by atoms with Gasteiger partial charge in [0.2, 0.25) is 0 Å². The molecule has 2 unspecified atom stereocenters. The van der Waals surface area contributed by atoms with Crippen LogP contribution in [0.15, 0.2) is 24.5 Å². The van der Waals surface area contributed by atoms with Crippen molar-refractivity contribution < 1.29 is 14.3 Å². The van der Waals surface area contributed by atoms with Gasteiger partial charge in [-0.1, -0.05) is 18.5 Å². The van der Waals surface area contributed by atoms with E-state index in [0.29, 0.717) is 42.5 Å². The Labute approximate surface area is 181 Å². The highest BCUT2D eigenvalue weighted by Crippen LogP contribution is 2.28. The van der Waals surface area contributed by atoms with Crippen LogP contribution in [0.3, 0.4) is 0 Å². The zero-order valence-electron chi connectivity index (χ0n) is 17.4. The number of hydrogen-bond acceptors (Lipinski definition) is 4. The Morgan fingerprint density at radius 1 is 1.40 bits per heavy atom. The molecule has 1 fully saturated rings. The number of hydrogen-bond donors (Lipinski definition) is 1. The van der Waals surface area contributed by atoms with Gasteiger partial charge in [0.05, 0.1) is 35.5 Å². The minimum absolute atomic E-state index is 0.00794. The number of amides is 2. The zero-order chi connectivity index (χ0) is 21.3. The molecule has 4 rings (SSSR count). The van der Waals surface area contributed by atoms with Crippen molar-refractivity contribution in [1.29, 1.82) is 0 Å². The Bertz CT molecular complexity index is 958. The molecule has 2 aromatic rings. The van der Waals surface area contributed by atoms with E-state index in [9.17, 15) is 9.59 Å². The molecule has 1 saturated heterocycles. The molecule has 0 aromatic carbocycles. The SMILES string of the molecule is CCC(NC(=O)c1cc(C(=O)N2CCCC2C)n2c1COCC2)c1ccncc1Cl. The largest absolute Gasteiger partial charge is 0.373 e. The van der Waals surface area contributed by atoms with Crippen molar-refractivity contribution in [1.82, 2.24) is 19.8 Å². The third kappa shape index (κ3) is 3.84. The molecule has 2 atom stereocenters. The minimum Gasteiger partial charge on any atom is -0.373 e. The molecule has 2 amide bonds. The molecule has 0 saturated carbocycles. The van der Waals surface area contributed by atoms with Gasteiger partial charge in [-0.05, 0) is 43.9 Å². The number of aromatic nitrogens is 2. The van der Waals surface area contributed by atoms with Crippen LogP contribution in [-0.2, 0) is 17.9 Å². The van der Waals surface area contributed by atoms with E-state index in [1.807, 2.05) is 22.5 Å². The number of nitrogens with zero attached hydrogens (tertiary/aromatic N) is 3. The van der Waals surface area contributed by atoms with Gasteiger partial charge < -0.3 is 19.5 Å². The number of carbonyl (C=O) groups is 2. The van der Waals surface area contributed by atoms with E-state index < -0.39 is 0 Å². The average molecular weight is 431 g/mol. The lowest BCUT2D eigenvalue weighted by Gasteiger charge is -2.24. The Morgan fingerprint density at radius 2 is 2.23 bits per heavy atom. The van der Waals surface area contributed by atoms with E-state index in [4.69, 9.17) is 16.3 Å². The quantitative estimate of drug-likeness (QED) is 0.786. The van der Waals surface area contributed by atoms with E-state index in [1.165, 1.54) is 0 Å². The number of fused-ring (bicyclic) bond motifs is 1. The number of pyridine rings is 1. The molecular formula is C22H27ClN4O3. The standard InChI is InChI=1S/C22H27ClN4O3/c1-3-18(15-6-7-24-12-17(15)23)25-21(28)16-11-19(27-9-10-30-13-20(16)27)22(29)26-8-4-5-14(26)2/h6-7,11-12,14,18H,3-5,8-10,13H2,1-2H3,(H,25,28). The van der Waals surface area contributed by atoms with Crippen molar-refractivity contribution in [2.24, 2.45) is 0 Å². The second-order valence-corrected chi connectivity index (χ2v) is 8.32. The molecule has 8 heteroatoms. The highest BCUT2D eigenvalue weighted by atomic mass is 35.5. The number of nitrogens with one attached hydrogen (secondary N) is 1. The topological polar surface area (TPSA) is 76.5 Å². The third-order valence-corrected chi connectivity index (χ3v) is 6.39. The normalized spacial score (nSPS) is 19.4. The number of halogens is 1. The van der Waals surface area contributed by atoms with E-state index in [-0.39, 0.29) is 23.9 Å². The lowest BCUT2D eigenvalue weighted by Crippen LogP contribution is -2.35. The predicted octanol–water partition coefficient (Wildman–Crippen LogP) is 3.57. The Hall–Kier alpha value is -2.38. The van der Waals surface area contributed by atoms with E-state index >= 15 is 0 Å². The van der Waals surface area contributed by atoms with E-state index in [0.717, 1.165) is 30.6 Å². The van der Waals surface area contributed by atoms with Crippen molar-refractivity contribution in [3.8, 4) is 0 Å². The van der Waals surface area contributed by atoms with Crippen LogP contribution in [-0.4, -0.2) is 45.5 Å². The lowest BCUT2D eigenvalue weighted by atomic mass is 10.1. The summed E-state index contributed by atoms with van der Waals surface area (Å²) in [5, 5.41) is 3.60. The molecular weight excluding hydrogens is 404 g/mol. The fourth-order valence-corrected chi connectivity index (χ4v) is 4.64. The van der Waals surface area contributed by atoms with Crippen LogP contribution in [0.2, 0.25) is 5.02 Å². The van der Waals surface area contributed by atoms with Crippen LogP contribution in [0.5, 0.6) is 0 Å². The van der Waals surface area contributed by atoms with Crippen molar-refractivity contribution in [3.05, 3.63) is 52.1 Å². The Morgan fingerprint density at radius 3 is 2.93 bits per heavy atom. The van der Waals surface area contributed by atoms with Crippen LogP contribution < -0.4 is 5.32 Å². The van der Waals surface area contributed by atoms with Gasteiger partial charge in [-0.15, -0.1) is 0 Å². The average Bonchev–Trinajstić information content (AvgIpc) is 3.36. The maximum Gasteiger partial charge on any atom is 0.270 e. The molecule has 2 aliphatic heterocycles. The van der Waals surface area contributed by atoms with Gasteiger partial charge in [0.15, 0.2) is 0 Å². The van der Waals surface area contributed by atoms with Gasteiger partial charge in [0, 0.05) is 31.5 Å². The Kier molecular flexibility index (Phi) is 6.11. The van der Waals surface area contributed by atoms with Gasteiger partial charge in [0.1, 0.15) is 5.69 Å². The summed E-state index contributed by atoms with van der Waals surface area (Å²) in [7, 11) is 0. The highest BCUT2D eigenvalue weighted by molar-refractivity contribution is 6.31.